The van der Waals surface area contributed by atoms with Gasteiger partial charge in [-0.1, -0.05) is 6.07 Å². The molecule has 1 aliphatic rings. The second-order valence-corrected chi connectivity index (χ2v) is 6.69. The maximum absolute atomic E-state index is 12.3. The average molecular weight is 339 g/mol. The minimum atomic E-state index is 0.0152. The number of carbonyl (C=O) groups excluding carboxylic acids is 1. The number of aromatic nitrogens is 4. The molecule has 122 valence electrons. The van der Waals surface area contributed by atoms with Gasteiger partial charge in [0.15, 0.2) is 0 Å². The molecule has 6 nitrogen and oxygen atoms in total. The molecule has 1 aliphatic heterocycles. The van der Waals surface area contributed by atoms with Crippen LogP contribution in [0.4, 0.5) is 0 Å². The first-order valence-corrected chi connectivity index (χ1v) is 8.81. The monoisotopic (exact) mass is 339 g/mol. The molecule has 0 bridgehead atoms. The molecule has 0 spiro atoms. The lowest BCUT2D eigenvalue weighted by atomic mass is 10.1. The molecule has 1 amide bonds. The molecule has 0 saturated heterocycles. The summed E-state index contributed by atoms with van der Waals surface area (Å²) in [5.74, 6) is 1.11. The summed E-state index contributed by atoms with van der Waals surface area (Å²) in [6.07, 6.45) is 7.66. The van der Waals surface area contributed by atoms with Crippen LogP contribution in [0.2, 0.25) is 0 Å². The number of pyridine rings is 1. The van der Waals surface area contributed by atoms with Gasteiger partial charge in [-0.3, -0.25) is 9.78 Å². The zero-order valence-corrected chi connectivity index (χ0v) is 13.9. The number of carbonyl (C=O) groups is 1. The molecule has 4 heterocycles. The molecule has 0 aromatic carbocycles. The summed E-state index contributed by atoms with van der Waals surface area (Å²) >= 11 is 1.52. The number of nitrogens with zero attached hydrogens (tertiary/aromatic N) is 4. The first-order valence-electron chi connectivity index (χ1n) is 7.93. The Morgan fingerprint density at radius 2 is 2.29 bits per heavy atom. The largest absolute Gasteiger partial charge is 0.351 e. The van der Waals surface area contributed by atoms with E-state index in [9.17, 15) is 4.79 Å². The van der Waals surface area contributed by atoms with Crippen molar-refractivity contribution in [2.45, 2.75) is 31.8 Å². The van der Waals surface area contributed by atoms with Crippen LogP contribution in [-0.2, 0) is 24.2 Å². The summed E-state index contributed by atoms with van der Waals surface area (Å²) < 4.78 is 2.11. The van der Waals surface area contributed by atoms with Gasteiger partial charge in [-0.05, 0) is 18.6 Å². The fraction of sp³-hybridized carbons (Fsp3) is 0.294. The third kappa shape index (κ3) is 3.21. The van der Waals surface area contributed by atoms with Gasteiger partial charge in [0.25, 0.3) is 0 Å². The van der Waals surface area contributed by atoms with E-state index >= 15 is 0 Å². The lowest BCUT2D eigenvalue weighted by Gasteiger charge is -2.24. The van der Waals surface area contributed by atoms with Gasteiger partial charge in [0, 0.05) is 43.0 Å². The Bertz CT molecular complexity index is 842. The minimum absolute atomic E-state index is 0.0152. The molecule has 0 unspecified atom stereocenters. The van der Waals surface area contributed by atoms with Gasteiger partial charge in [-0.2, -0.15) is 0 Å². The maximum Gasteiger partial charge on any atom is 0.226 e. The lowest BCUT2D eigenvalue weighted by molar-refractivity contribution is -0.121. The Morgan fingerprint density at radius 3 is 3.17 bits per heavy atom. The van der Waals surface area contributed by atoms with Crippen LogP contribution >= 0.6 is 11.3 Å². The van der Waals surface area contributed by atoms with Gasteiger partial charge in [0.1, 0.15) is 10.8 Å². The zero-order valence-electron chi connectivity index (χ0n) is 13.1. The Balaban J connectivity index is 1.36. The van der Waals surface area contributed by atoms with Crippen LogP contribution in [-0.4, -0.2) is 31.5 Å². The number of imidazole rings is 1. The van der Waals surface area contributed by atoms with Crippen LogP contribution in [0.25, 0.3) is 10.7 Å². The van der Waals surface area contributed by atoms with E-state index in [2.05, 4.69) is 24.8 Å². The van der Waals surface area contributed by atoms with E-state index in [-0.39, 0.29) is 11.9 Å². The number of amides is 1. The van der Waals surface area contributed by atoms with Gasteiger partial charge < -0.3 is 9.88 Å². The summed E-state index contributed by atoms with van der Waals surface area (Å²) in [5.41, 5.74) is 1.63. The quantitative estimate of drug-likeness (QED) is 0.790. The predicted molar refractivity (Wildman–Crippen MR) is 91.5 cm³/mol. The molecule has 0 fully saturated rings. The standard InChI is InChI=1S/C17H17N5OS/c23-16(20-12-4-5-15-19-7-8-22(15)10-12)9-13-11-24-17(21-13)14-3-1-2-6-18-14/h1-3,6-8,11-12H,4-5,9-10H2,(H,20,23)/t12-/m1/s1. The molecule has 1 atom stereocenters. The van der Waals surface area contributed by atoms with E-state index < -0.39 is 0 Å². The fourth-order valence-electron chi connectivity index (χ4n) is 2.92. The van der Waals surface area contributed by atoms with Crippen molar-refractivity contribution in [1.82, 2.24) is 24.8 Å². The number of rotatable bonds is 4. The highest BCUT2D eigenvalue weighted by Crippen LogP contribution is 2.21. The molecular formula is C17H17N5OS. The van der Waals surface area contributed by atoms with Crippen LogP contribution < -0.4 is 5.32 Å². The lowest BCUT2D eigenvalue weighted by Crippen LogP contribution is -2.41. The molecule has 0 aliphatic carbocycles. The zero-order chi connectivity index (χ0) is 16.4. The minimum Gasteiger partial charge on any atom is -0.351 e. The van der Waals surface area contributed by atoms with E-state index in [1.165, 1.54) is 11.3 Å². The summed E-state index contributed by atoms with van der Waals surface area (Å²) in [7, 11) is 0. The number of hydrogen-bond donors (Lipinski definition) is 1. The number of thiazole rings is 1. The summed E-state index contributed by atoms with van der Waals surface area (Å²) in [5, 5.41) is 5.88. The van der Waals surface area contributed by atoms with E-state index in [0.29, 0.717) is 6.42 Å². The smallest absolute Gasteiger partial charge is 0.226 e. The summed E-state index contributed by atoms with van der Waals surface area (Å²) in [6.45, 7) is 0.789. The maximum atomic E-state index is 12.3. The number of aryl methyl sites for hydroxylation is 1. The molecule has 0 radical (unpaired) electrons. The van der Waals surface area contributed by atoms with E-state index in [4.69, 9.17) is 0 Å². The molecule has 4 rings (SSSR count). The Morgan fingerprint density at radius 1 is 1.33 bits per heavy atom. The average Bonchev–Trinajstić information content (AvgIpc) is 3.24. The Hall–Kier alpha value is -2.54. The van der Waals surface area contributed by atoms with Crippen LogP contribution in [0.5, 0.6) is 0 Å². The van der Waals surface area contributed by atoms with Gasteiger partial charge in [0.05, 0.1) is 17.8 Å². The predicted octanol–water partition coefficient (Wildman–Crippen LogP) is 2.08. The van der Waals surface area contributed by atoms with Crippen molar-refractivity contribution >= 4 is 17.2 Å². The Labute approximate surface area is 143 Å². The molecule has 1 N–H and O–H groups in total. The summed E-state index contributed by atoms with van der Waals surface area (Å²) in [4.78, 5) is 25.4. The first-order chi connectivity index (χ1) is 11.8. The van der Waals surface area contributed by atoms with E-state index in [0.717, 1.165) is 41.6 Å². The molecule has 7 heteroatoms. The van der Waals surface area contributed by atoms with Gasteiger partial charge in [-0.15, -0.1) is 11.3 Å². The third-order valence-corrected chi connectivity index (χ3v) is 4.99. The van der Waals surface area contributed by atoms with E-state index in [1.54, 1.807) is 6.20 Å². The van der Waals surface area contributed by atoms with E-state index in [1.807, 2.05) is 36.0 Å². The van der Waals surface area contributed by atoms with Crippen LogP contribution in [0.15, 0.2) is 42.2 Å². The second kappa shape index (κ2) is 6.52. The topological polar surface area (TPSA) is 72.7 Å². The van der Waals surface area contributed by atoms with Crippen molar-refractivity contribution in [3.8, 4) is 10.7 Å². The molecule has 3 aromatic rings. The highest BCUT2D eigenvalue weighted by molar-refractivity contribution is 7.13. The van der Waals surface area contributed by atoms with Crippen LogP contribution in [0.3, 0.4) is 0 Å². The van der Waals surface area contributed by atoms with Crippen molar-refractivity contribution in [3.05, 3.63) is 53.7 Å². The number of fused-ring (bicyclic) bond motifs is 1. The molecule has 0 saturated carbocycles. The second-order valence-electron chi connectivity index (χ2n) is 5.83. The van der Waals surface area contributed by atoms with Gasteiger partial charge >= 0.3 is 0 Å². The van der Waals surface area contributed by atoms with Crippen molar-refractivity contribution < 1.29 is 4.79 Å². The normalized spacial score (nSPS) is 16.6. The van der Waals surface area contributed by atoms with Crippen molar-refractivity contribution in [3.63, 3.8) is 0 Å². The first kappa shape index (κ1) is 15.0. The van der Waals surface area contributed by atoms with Crippen LogP contribution in [0, 0.1) is 0 Å². The fourth-order valence-corrected chi connectivity index (χ4v) is 3.72. The molecular weight excluding hydrogens is 322 g/mol. The summed E-state index contributed by atoms with van der Waals surface area (Å²) in [6, 6.07) is 5.89. The van der Waals surface area contributed by atoms with Crippen molar-refractivity contribution in [2.24, 2.45) is 0 Å². The van der Waals surface area contributed by atoms with Crippen LogP contribution in [0.1, 0.15) is 17.9 Å². The molecule has 3 aromatic heterocycles. The van der Waals surface area contributed by atoms with Crippen molar-refractivity contribution in [1.29, 1.82) is 0 Å². The highest BCUT2D eigenvalue weighted by atomic mass is 32.1. The van der Waals surface area contributed by atoms with Gasteiger partial charge in [0.2, 0.25) is 5.91 Å². The third-order valence-electron chi connectivity index (χ3n) is 4.08. The Kier molecular flexibility index (Phi) is 4.08. The van der Waals surface area contributed by atoms with Gasteiger partial charge in [-0.25, -0.2) is 9.97 Å². The number of hydrogen-bond acceptors (Lipinski definition) is 5. The SMILES string of the molecule is O=C(Cc1csc(-c2ccccn2)n1)N[C@@H]1CCc2nccn2C1. The van der Waals surface area contributed by atoms with Crippen molar-refractivity contribution in [2.75, 3.05) is 0 Å². The molecule has 24 heavy (non-hydrogen) atoms. The number of nitrogens with one attached hydrogen (secondary N) is 1. The highest BCUT2D eigenvalue weighted by Gasteiger charge is 2.20.